The number of aromatic nitrogens is 2. The molecule has 3 heterocycles. The molecular weight excluding hydrogens is 303 g/mol. The number of aromatic carboxylic acids is 1. The Balaban J connectivity index is 2.08. The van der Waals surface area contributed by atoms with E-state index in [4.69, 9.17) is 10.8 Å². The molecule has 0 saturated carbocycles. The van der Waals surface area contributed by atoms with E-state index in [1.807, 2.05) is 6.92 Å². The fourth-order valence-electron chi connectivity index (χ4n) is 3.00. The summed E-state index contributed by atoms with van der Waals surface area (Å²) in [6, 6.07) is 0.985. The van der Waals surface area contributed by atoms with Gasteiger partial charge in [-0.25, -0.2) is 14.2 Å². The van der Waals surface area contributed by atoms with Gasteiger partial charge in [-0.1, -0.05) is 13.3 Å². The van der Waals surface area contributed by atoms with Gasteiger partial charge >= 0.3 is 5.97 Å². The van der Waals surface area contributed by atoms with Crippen molar-refractivity contribution in [2.24, 2.45) is 11.7 Å². The standard InChI is InChI=1S/C15H17FN4O3/c1-2-7-5-20(6-11(7)17)14-10(16)3-8-12(21)9(15(22)23)4-18-13(8)19-14/h3-4,7,11H,2,5-6,17H2,1H3,(H,22,23)(H,18,19,21)/t7-,11-/m0/s1. The number of carbonyl (C=O) groups is 1. The lowest BCUT2D eigenvalue weighted by Gasteiger charge is -2.18. The van der Waals surface area contributed by atoms with Crippen LogP contribution >= 0.6 is 0 Å². The van der Waals surface area contributed by atoms with Gasteiger partial charge in [-0.3, -0.25) is 4.79 Å². The van der Waals surface area contributed by atoms with Crippen LogP contribution in [-0.4, -0.2) is 40.2 Å². The first-order chi connectivity index (χ1) is 10.9. The summed E-state index contributed by atoms with van der Waals surface area (Å²) in [7, 11) is 0. The zero-order chi connectivity index (χ0) is 16.7. The second-order valence-electron chi connectivity index (χ2n) is 5.76. The molecule has 1 saturated heterocycles. The molecule has 0 unspecified atom stereocenters. The van der Waals surface area contributed by atoms with Crippen molar-refractivity contribution in [2.45, 2.75) is 19.4 Å². The summed E-state index contributed by atoms with van der Waals surface area (Å²) in [5.41, 5.74) is 5.00. The normalized spacial score (nSPS) is 21.1. The molecule has 2 atom stereocenters. The maximum atomic E-state index is 14.4. The number of rotatable bonds is 3. The van der Waals surface area contributed by atoms with Crippen molar-refractivity contribution in [2.75, 3.05) is 18.0 Å². The minimum absolute atomic E-state index is 0.0506. The highest BCUT2D eigenvalue weighted by atomic mass is 19.1. The van der Waals surface area contributed by atoms with Gasteiger partial charge in [-0.15, -0.1) is 0 Å². The van der Waals surface area contributed by atoms with Gasteiger partial charge in [0.1, 0.15) is 11.2 Å². The van der Waals surface area contributed by atoms with E-state index in [0.29, 0.717) is 13.1 Å². The maximum Gasteiger partial charge on any atom is 0.341 e. The van der Waals surface area contributed by atoms with E-state index in [2.05, 4.69) is 9.97 Å². The number of pyridine rings is 2. The minimum Gasteiger partial charge on any atom is -0.477 e. The number of nitrogens with two attached hydrogens (primary N) is 1. The van der Waals surface area contributed by atoms with Crippen molar-refractivity contribution in [1.29, 1.82) is 0 Å². The Hall–Kier alpha value is -2.48. The van der Waals surface area contributed by atoms with Crippen LogP contribution in [0, 0.1) is 11.7 Å². The molecule has 3 rings (SSSR count). The Morgan fingerprint density at radius 2 is 2.30 bits per heavy atom. The average molecular weight is 320 g/mol. The van der Waals surface area contributed by atoms with Crippen LogP contribution < -0.4 is 16.1 Å². The first-order valence-corrected chi connectivity index (χ1v) is 7.38. The van der Waals surface area contributed by atoms with Crippen LogP contribution in [0.25, 0.3) is 11.0 Å². The Morgan fingerprint density at radius 1 is 1.57 bits per heavy atom. The van der Waals surface area contributed by atoms with Gasteiger partial charge in [-0.2, -0.15) is 0 Å². The highest BCUT2D eigenvalue weighted by Gasteiger charge is 2.31. The molecule has 8 heteroatoms. The number of carboxylic acid groups (broad SMARTS) is 1. The van der Waals surface area contributed by atoms with E-state index >= 15 is 0 Å². The molecule has 4 N–H and O–H groups in total. The Kier molecular flexibility index (Phi) is 3.77. The van der Waals surface area contributed by atoms with E-state index in [0.717, 1.165) is 18.7 Å². The highest BCUT2D eigenvalue weighted by molar-refractivity contribution is 5.91. The van der Waals surface area contributed by atoms with Crippen LogP contribution in [0.3, 0.4) is 0 Å². The number of nitrogens with one attached hydrogen (secondary N) is 1. The second-order valence-corrected chi connectivity index (χ2v) is 5.76. The minimum atomic E-state index is -1.37. The fourth-order valence-corrected chi connectivity index (χ4v) is 3.00. The van der Waals surface area contributed by atoms with Crippen LogP contribution in [0.4, 0.5) is 10.2 Å². The smallest absolute Gasteiger partial charge is 0.341 e. The molecule has 0 bridgehead atoms. The zero-order valence-corrected chi connectivity index (χ0v) is 12.5. The number of H-pyrrole nitrogens is 1. The molecule has 7 nitrogen and oxygen atoms in total. The first-order valence-electron chi connectivity index (χ1n) is 7.38. The van der Waals surface area contributed by atoms with Crippen LogP contribution in [0.15, 0.2) is 17.1 Å². The largest absolute Gasteiger partial charge is 0.477 e. The van der Waals surface area contributed by atoms with Crippen LogP contribution in [-0.2, 0) is 0 Å². The van der Waals surface area contributed by atoms with Gasteiger partial charge < -0.3 is 20.7 Å². The van der Waals surface area contributed by atoms with Gasteiger partial charge in [0.2, 0.25) is 5.43 Å². The van der Waals surface area contributed by atoms with Crippen molar-refractivity contribution in [3.63, 3.8) is 0 Å². The third-order valence-electron chi connectivity index (χ3n) is 4.35. The highest BCUT2D eigenvalue weighted by Crippen LogP contribution is 2.27. The van der Waals surface area contributed by atoms with Crippen LogP contribution in [0.1, 0.15) is 23.7 Å². The quantitative estimate of drug-likeness (QED) is 0.775. The van der Waals surface area contributed by atoms with Crippen molar-refractivity contribution < 1.29 is 14.3 Å². The molecular formula is C15H17FN4O3. The molecule has 122 valence electrons. The summed E-state index contributed by atoms with van der Waals surface area (Å²) in [6.45, 7) is 3.12. The summed E-state index contributed by atoms with van der Waals surface area (Å²) in [6.07, 6.45) is 1.97. The molecule has 2 aromatic heterocycles. The zero-order valence-electron chi connectivity index (χ0n) is 12.5. The summed E-state index contributed by atoms with van der Waals surface area (Å²) in [5, 5.41) is 8.87. The number of hydrogen-bond donors (Lipinski definition) is 3. The number of aromatic amines is 1. The molecule has 1 aliphatic heterocycles. The van der Waals surface area contributed by atoms with Crippen molar-refractivity contribution in [1.82, 2.24) is 9.97 Å². The third-order valence-corrected chi connectivity index (χ3v) is 4.35. The van der Waals surface area contributed by atoms with Gasteiger partial charge in [0.05, 0.1) is 5.39 Å². The lowest BCUT2D eigenvalue weighted by molar-refractivity contribution is 0.0695. The van der Waals surface area contributed by atoms with Gasteiger partial charge in [0, 0.05) is 25.3 Å². The SMILES string of the molecule is CC[C@H]1CN(c2nc3[nH]cc(C(=O)O)c(=O)c3cc2F)C[C@@H]1N. The molecule has 23 heavy (non-hydrogen) atoms. The number of nitrogens with zero attached hydrogens (tertiary/aromatic N) is 2. The van der Waals surface area contributed by atoms with Crippen molar-refractivity contribution in [3.05, 3.63) is 33.9 Å². The Labute approximate surface area is 130 Å². The van der Waals surface area contributed by atoms with Crippen LogP contribution in [0.2, 0.25) is 0 Å². The third kappa shape index (κ3) is 2.55. The summed E-state index contributed by atoms with van der Waals surface area (Å²) >= 11 is 0. The molecule has 0 spiro atoms. The monoisotopic (exact) mass is 320 g/mol. The molecule has 2 aromatic rings. The van der Waals surface area contributed by atoms with E-state index in [1.165, 1.54) is 0 Å². The topological polar surface area (TPSA) is 112 Å². The second kappa shape index (κ2) is 5.62. The average Bonchev–Trinajstić information content (AvgIpc) is 2.88. The van der Waals surface area contributed by atoms with E-state index in [1.54, 1.807) is 4.90 Å². The van der Waals surface area contributed by atoms with Gasteiger partial charge in [-0.05, 0) is 12.0 Å². The molecule has 0 aromatic carbocycles. The Morgan fingerprint density at radius 3 is 2.91 bits per heavy atom. The van der Waals surface area contributed by atoms with Crippen molar-refractivity contribution in [3.8, 4) is 0 Å². The fraction of sp³-hybridized carbons (Fsp3) is 0.400. The maximum absolute atomic E-state index is 14.4. The number of halogens is 1. The van der Waals surface area contributed by atoms with E-state index in [9.17, 15) is 14.0 Å². The van der Waals surface area contributed by atoms with Crippen LogP contribution in [0.5, 0.6) is 0 Å². The first kappa shape index (κ1) is 15.4. The number of carboxylic acids is 1. The predicted molar refractivity (Wildman–Crippen MR) is 83.3 cm³/mol. The molecule has 1 aliphatic rings. The van der Waals surface area contributed by atoms with Crippen molar-refractivity contribution >= 4 is 22.8 Å². The molecule has 0 amide bonds. The van der Waals surface area contributed by atoms with Gasteiger partial charge in [0.15, 0.2) is 11.6 Å². The Bertz CT molecular complexity index is 835. The van der Waals surface area contributed by atoms with Gasteiger partial charge in [0.25, 0.3) is 0 Å². The summed E-state index contributed by atoms with van der Waals surface area (Å²) in [5.74, 6) is -1.63. The summed E-state index contributed by atoms with van der Waals surface area (Å²) in [4.78, 5) is 31.6. The van der Waals surface area contributed by atoms with E-state index < -0.39 is 22.8 Å². The number of hydrogen-bond acceptors (Lipinski definition) is 5. The lowest BCUT2D eigenvalue weighted by atomic mass is 10.0. The number of anilines is 1. The number of fused-ring (bicyclic) bond motifs is 1. The van der Waals surface area contributed by atoms with E-state index in [-0.39, 0.29) is 28.8 Å². The molecule has 0 radical (unpaired) electrons. The molecule has 0 aliphatic carbocycles. The summed E-state index contributed by atoms with van der Waals surface area (Å²) < 4.78 is 14.4. The predicted octanol–water partition coefficient (Wildman–Crippen LogP) is 0.934. The lowest BCUT2D eigenvalue weighted by Crippen LogP contribution is -2.29. The molecule has 1 fully saturated rings.